The molecule has 6 heteroatoms. The van der Waals surface area contributed by atoms with Crippen molar-refractivity contribution in [3.05, 3.63) is 41.7 Å². The Labute approximate surface area is 129 Å². The monoisotopic (exact) mass is 301 g/mol. The third-order valence-corrected chi connectivity index (χ3v) is 4.60. The molecule has 1 unspecified atom stereocenters. The van der Waals surface area contributed by atoms with Gasteiger partial charge in [-0.25, -0.2) is 0 Å². The van der Waals surface area contributed by atoms with Gasteiger partial charge in [0.05, 0.1) is 6.07 Å². The normalized spacial score (nSPS) is 13.6. The summed E-state index contributed by atoms with van der Waals surface area (Å²) in [5, 5.41) is 22.1. The van der Waals surface area contributed by atoms with Crippen LogP contribution in [0.15, 0.2) is 35.5 Å². The molecule has 0 aliphatic carbocycles. The van der Waals surface area contributed by atoms with Gasteiger partial charge in [-0.1, -0.05) is 49.0 Å². The average molecular weight is 301 g/mol. The number of hydrogen-bond donors (Lipinski definition) is 1. The van der Waals surface area contributed by atoms with Crippen LogP contribution in [0.4, 0.5) is 0 Å². The van der Waals surface area contributed by atoms with Crippen molar-refractivity contribution in [2.75, 3.05) is 12.3 Å². The highest BCUT2D eigenvalue weighted by Gasteiger charge is 2.32. The maximum absolute atomic E-state index is 9.74. The summed E-state index contributed by atoms with van der Waals surface area (Å²) in [5.74, 6) is 1.44. The van der Waals surface area contributed by atoms with Crippen LogP contribution in [0.1, 0.15) is 18.3 Å². The van der Waals surface area contributed by atoms with Crippen LogP contribution in [0.3, 0.4) is 0 Å². The first-order valence-electron chi connectivity index (χ1n) is 6.83. The Bertz CT molecular complexity index is 631. The summed E-state index contributed by atoms with van der Waals surface area (Å²) in [7, 11) is 1.93. The number of hydrogen-bond acceptors (Lipinski definition) is 5. The summed E-state index contributed by atoms with van der Waals surface area (Å²) >= 11 is 1.54. The van der Waals surface area contributed by atoms with Crippen molar-refractivity contribution in [2.45, 2.75) is 24.5 Å². The number of thioether (sulfide) groups is 1. The van der Waals surface area contributed by atoms with E-state index in [0.29, 0.717) is 5.75 Å². The lowest BCUT2D eigenvalue weighted by Crippen LogP contribution is -2.43. The zero-order chi connectivity index (χ0) is 15.3. The highest BCUT2D eigenvalue weighted by Crippen LogP contribution is 2.28. The fourth-order valence-corrected chi connectivity index (χ4v) is 3.19. The van der Waals surface area contributed by atoms with Gasteiger partial charge >= 0.3 is 0 Å². The summed E-state index contributed by atoms with van der Waals surface area (Å²) in [6, 6.07) is 12.3. The van der Waals surface area contributed by atoms with Gasteiger partial charge in [-0.3, -0.25) is 5.32 Å². The smallest absolute Gasteiger partial charge is 0.191 e. The van der Waals surface area contributed by atoms with Crippen molar-refractivity contribution in [3.8, 4) is 6.07 Å². The summed E-state index contributed by atoms with van der Waals surface area (Å²) in [6.45, 7) is 4.64. The van der Waals surface area contributed by atoms with E-state index < -0.39 is 5.54 Å². The second kappa shape index (κ2) is 6.74. The predicted molar refractivity (Wildman–Crippen MR) is 83.9 cm³/mol. The molecule has 0 aliphatic heterocycles. The van der Waals surface area contributed by atoms with E-state index in [9.17, 15) is 5.26 Å². The molecule has 0 bridgehead atoms. The van der Waals surface area contributed by atoms with Gasteiger partial charge in [-0.05, 0) is 19.0 Å². The van der Waals surface area contributed by atoms with E-state index >= 15 is 0 Å². The number of nitriles is 1. The maximum atomic E-state index is 9.74. The zero-order valence-electron chi connectivity index (χ0n) is 12.5. The number of nitrogens with one attached hydrogen (secondary N) is 1. The van der Waals surface area contributed by atoms with Crippen LogP contribution in [-0.2, 0) is 12.6 Å². The Kier molecular flexibility index (Phi) is 4.99. The van der Waals surface area contributed by atoms with Gasteiger partial charge in [0.2, 0.25) is 0 Å². The molecular weight excluding hydrogens is 282 g/mol. The minimum absolute atomic E-state index is 0.577. The van der Waals surface area contributed by atoms with Crippen molar-refractivity contribution < 1.29 is 0 Å². The Morgan fingerprint density at radius 1 is 1.33 bits per heavy atom. The van der Waals surface area contributed by atoms with Crippen molar-refractivity contribution in [1.82, 2.24) is 20.1 Å². The van der Waals surface area contributed by atoms with Crippen LogP contribution >= 0.6 is 11.8 Å². The first kappa shape index (κ1) is 15.5. The maximum Gasteiger partial charge on any atom is 0.191 e. The second-order valence-corrected chi connectivity index (χ2v) is 5.73. The topological polar surface area (TPSA) is 66.5 Å². The molecule has 21 heavy (non-hydrogen) atoms. The Hall–Kier alpha value is -1.84. The fraction of sp³-hybridized carbons (Fsp3) is 0.400. The van der Waals surface area contributed by atoms with Crippen molar-refractivity contribution >= 4 is 11.8 Å². The number of aromatic nitrogens is 3. The molecule has 0 saturated heterocycles. The van der Waals surface area contributed by atoms with Crippen LogP contribution in [0.5, 0.6) is 0 Å². The number of benzene rings is 1. The number of aryl methyl sites for hydroxylation is 1. The molecule has 0 aliphatic rings. The molecular formula is C15H19N5S. The molecule has 2 rings (SSSR count). The minimum Gasteiger partial charge on any atom is -0.309 e. The molecule has 2 aromatic rings. The first-order valence-corrected chi connectivity index (χ1v) is 7.82. The van der Waals surface area contributed by atoms with Crippen LogP contribution in [0.25, 0.3) is 0 Å². The Morgan fingerprint density at radius 3 is 2.57 bits per heavy atom. The van der Waals surface area contributed by atoms with Crippen LogP contribution < -0.4 is 5.32 Å². The average Bonchev–Trinajstić information content (AvgIpc) is 2.84. The lowest BCUT2D eigenvalue weighted by atomic mass is 9.93. The van der Waals surface area contributed by atoms with E-state index in [1.165, 1.54) is 11.8 Å². The first-order chi connectivity index (χ1) is 10.1. The van der Waals surface area contributed by atoms with Crippen molar-refractivity contribution in [2.24, 2.45) is 7.05 Å². The molecule has 110 valence electrons. The summed E-state index contributed by atoms with van der Waals surface area (Å²) in [4.78, 5) is 0. The highest BCUT2D eigenvalue weighted by atomic mass is 32.2. The van der Waals surface area contributed by atoms with Gasteiger partial charge < -0.3 is 4.57 Å². The summed E-state index contributed by atoms with van der Waals surface area (Å²) in [5.41, 5.74) is 0.251. The molecule has 1 heterocycles. The van der Waals surface area contributed by atoms with Crippen molar-refractivity contribution in [3.63, 3.8) is 0 Å². The standard InChI is InChI=1S/C15H19N5S/c1-4-17-15(10-16,13-8-6-5-7-9-13)11-21-14-19-18-12(2)20(14)3/h5-9,17H,4,11H2,1-3H3. The molecule has 0 fully saturated rings. The molecule has 0 spiro atoms. The Morgan fingerprint density at radius 2 is 2.05 bits per heavy atom. The quantitative estimate of drug-likeness (QED) is 0.829. The van der Waals surface area contributed by atoms with Crippen LogP contribution in [0.2, 0.25) is 0 Å². The SMILES string of the molecule is CCNC(C#N)(CSc1nnc(C)n1C)c1ccccc1. The molecule has 0 amide bonds. The molecule has 1 atom stereocenters. The largest absolute Gasteiger partial charge is 0.309 e. The zero-order valence-corrected chi connectivity index (χ0v) is 13.3. The lowest BCUT2D eigenvalue weighted by Gasteiger charge is -2.27. The molecule has 0 radical (unpaired) electrons. The van der Waals surface area contributed by atoms with Gasteiger partial charge in [0.15, 0.2) is 5.16 Å². The molecule has 1 aromatic carbocycles. The number of nitrogens with zero attached hydrogens (tertiary/aromatic N) is 4. The predicted octanol–water partition coefficient (Wildman–Crippen LogP) is 2.24. The number of rotatable bonds is 6. The summed E-state index contributed by atoms with van der Waals surface area (Å²) < 4.78 is 1.93. The lowest BCUT2D eigenvalue weighted by molar-refractivity contribution is 0.489. The fourth-order valence-electron chi connectivity index (χ4n) is 2.08. The van der Waals surface area contributed by atoms with Gasteiger partial charge in [0.25, 0.3) is 0 Å². The summed E-state index contributed by atoms with van der Waals surface area (Å²) in [6.07, 6.45) is 0. The van der Waals surface area contributed by atoms with Crippen LogP contribution in [-0.4, -0.2) is 27.1 Å². The van der Waals surface area contributed by atoms with E-state index in [4.69, 9.17) is 0 Å². The van der Waals surface area contributed by atoms with Gasteiger partial charge in [-0.2, -0.15) is 5.26 Å². The Balaban J connectivity index is 2.25. The second-order valence-electron chi connectivity index (χ2n) is 4.79. The molecule has 0 saturated carbocycles. The van der Waals surface area contributed by atoms with Gasteiger partial charge in [0.1, 0.15) is 11.4 Å². The minimum atomic E-state index is -0.722. The third kappa shape index (κ3) is 3.26. The van der Waals surface area contributed by atoms with Gasteiger partial charge in [0, 0.05) is 12.8 Å². The van der Waals surface area contributed by atoms with E-state index in [2.05, 4.69) is 21.6 Å². The van der Waals surface area contributed by atoms with Crippen LogP contribution in [0, 0.1) is 18.3 Å². The van der Waals surface area contributed by atoms with Gasteiger partial charge in [-0.15, -0.1) is 10.2 Å². The third-order valence-electron chi connectivity index (χ3n) is 3.41. The van der Waals surface area contributed by atoms with E-state index in [1.54, 1.807) is 0 Å². The molecule has 1 N–H and O–H groups in total. The molecule has 5 nitrogen and oxygen atoms in total. The highest BCUT2D eigenvalue weighted by molar-refractivity contribution is 7.99. The van der Waals surface area contributed by atoms with Crippen molar-refractivity contribution in [1.29, 1.82) is 5.26 Å². The molecule has 1 aromatic heterocycles. The van der Waals surface area contributed by atoms with E-state index in [0.717, 1.165) is 23.1 Å². The van der Waals surface area contributed by atoms with E-state index in [-0.39, 0.29) is 0 Å². The van der Waals surface area contributed by atoms with E-state index in [1.807, 2.05) is 55.8 Å².